The van der Waals surface area contributed by atoms with Gasteiger partial charge >= 0.3 is 5.69 Å². The number of amides is 1. The highest BCUT2D eigenvalue weighted by molar-refractivity contribution is 5.95. The van der Waals surface area contributed by atoms with Crippen LogP contribution < -0.4 is 5.32 Å². The van der Waals surface area contributed by atoms with Crippen molar-refractivity contribution in [1.29, 1.82) is 0 Å². The summed E-state index contributed by atoms with van der Waals surface area (Å²) in [6.45, 7) is 3.77. The summed E-state index contributed by atoms with van der Waals surface area (Å²) in [6.07, 6.45) is 1.66. The number of rotatable bonds is 7. The van der Waals surface area contributed by atoms with Crippen LogP contribution in [0.1, 0.15) is 16.8 Å². The van der Waals surface area contributed by atoms with Crippen LogP contribution in [-0.4, -0.2) is 24.0 Å². The van der Waals surface area contributed by atoms with E-state index >= 15 is 0 Å². The molecule has 1 rings (SSSR count). The van der Waals surface area contributed by atoms with E-state index in [1.807, 2.05) is 0 Å². The van der Waals surface area contributed by atoms with Crippen LogP contribution in [0.15, 0.2) is 25.0 Å². The molecule has 0 aliphatic rings. The van der Waals surface area contributed by atoms with E-state index in [-0.39, 0.29) is 6.54 Å². The summed E-state index contributed by atoms with van der Waals surface area (Å²) in [6, 6.07) is 1.03. The molecule has 0 saturated heterocycles. The molecule has 0 aliphatic carbocycles. The fourth-order valence-electron chi connectivity index (χ4n) is 1.41. The maximum atomic E-state index is 13.7. The second-order valence-corrected chi connectivity index (χ2v) is 3.69. The minimum atomic E-state index is -1.36. The fraction of sp³-hybridized carbons (Fsp3) is 0.250. The van der Waals surface area contributed by atoms with Gasteiger partial charge in [-0.05, 0) is 12.5 Å². The fourth-order valence-corrected chi connectivity index (χ4v) is 1.41. The maximum Gasteiger partial charge on any atom is 0.308 e. The third-order valence-electron chi connectivity index (χ3n) is 2.30. The molecule has 0 atom stereocenters. The summed E-state index contributed by atoms with van der Waals surface area (Å²) in [5, 5.41) is 12.8. The average Bonchev–Trinajstić information content (AvgIpc) is 2.40. The van der Waals surface area contributed by atoms with Crippen LogP contribution in [0.25, 0.3) is 0 Å². The number of carbonyl (C=O) groups excluding carboxylic acids is 1. The molecule has 1 aromatic rings. The number of nitro groups is 1. The van der Waals surface area contributed by atoms with E-state index in [0.717, 1.165) is 0 Å². The van der Waals surface area contributed by atoms with Gasteiger partial charge in [-0.15, -0.1) is 0 Å². The molecule has 1 amide bonds. The number of benzene rings is 1. The van der Waals surface area contributed by atoms with Crippen molar-refractivity contribution in [3.05, 3.63) is 52.3 Å². The zero-order valence-electron chi connectivity index (χ0n) is 10.4. The van der Waals surface area contributed by atoms with E-state index < -0.39 is 33.7 Å². The summed E-state index contributed by atoms with van der Waals surface area (Å²) in [4.78, 5) is 21.1. The average molecular weight is 286 g/mol. The first-order chi connectivity index (χ1) is 9.47. The Morgan fingerprint density at radius 2 is 2.20 bits per heavy atom. The van der Waals surface area contributed by atoms with Crippen molar-refractivity contribution in [3.8, 4) is 0 Å². The Morgan fingerprint density at radius 1 is 1.50 bits per heavy atom. The standard InChI is InChI=1S/C12H12F2N2O4/c1-2-20-5-3-4-15-12(17)9-6-8(13)7-10(11(9)14)16(18)19/h2,6-7H,1,3-5H2,(H,15,17). The molecule has 108 valence electrons. The van der Waals surface area contributed by atoms with Crippen molar-refractivity contribution >= 4 is 11.6 Å². The summed E-state index contributed by atoms with van der Waals surface area (Å²) in [5.74, 6) is -3.35. The van der Waals surface area contributed by atoms with Gasteiger partial charge in [0.05, 0.1) is 29.4 Å². The lowest BCUT2D eigenvalue weighted by Crippen LogP contribution is -2.26. The van der Waals surface area contributed by atoms with Gasteiger partial charge in [0.25, 0.3) is 5.91 Å². The van der Waals surface area contributed by atoms with Gasteiger partial charge in [0.1, 0.15) is 5.82 Å². The first kappa shape index (κ1) is 15.5. The molecule has 6 nitrogen and oxygen atoms in total. The van der Waals surface area contributed by atoms with Crippen LogP contribution in [0.2, 0.25) is 0 Å². The lowest BCUT2D eigenvalue weighted by molar-refractivity contribution is -0.387. The summed E-state index contributed by atoms with van der Waals surface area (Å²) < 4.78 is 31.6. The smallest absolute Gasteiger partial charge is 0.308 e. The second-order valence-electron chi connectivity index (χ2n) is 3.69. The first-order valence-corrected chi connectivity index (χ1v) is 5.61. The van der Waals surface area contributed by atoms with E-state index in [1.54, 1.807) is 0 Å². The largest absolute Gasteiger partial charge is 0.502 e. The summed E-state index contributed by atoms with van der Waals surface area (Å²) in [5.41, 5.74) is -1.79. The van der Waals surface area contributed by atoms with Crippen molar-refractivity contribution < 1.29 is 23.2 Å². The van der Waals surface area contributed by atoms with Gasteiger partial charge in [-0.3, -0.25) is 14.9 Å². The van der Waals surface area contributed by atoms with Crippen molar-refractivity contribution in [1.82, 2.24) is 5.32 Å². The van der Waals surface area contributed by atoms with Crippen molar-refractivity contribution in [3.63, 3.8) is 0 Å². The highest BCUT2D eigenvalue weighted by atomic mass is 19.1. The molecule has 0 spiro atoms. The van der Waals surface area contributed by atoms with E-state index in [2.05, 4.69) is 11.9 Å². The number of hydrogen-bond donors (Lipinski definition) is 1. The molecule has 0 heterocycles. The third-order valence-corrected chi connectivity index (χ3v) is 2.30. The molecule has 0 saturated carbocycles. The molecule has 0 bridgehead atoms. The quantitative estimate of drug-likeness (QED) is 0.360. The zero-order chi connectivity index (χ0) is 15.1. The molecular formula is C12H12F2N2O4. The van der Waals surface area contributed by atoms with Crippen molar-refractivity contribution in [2.24, 2.45) is 0 Å². The Kier molecular flexibility index (Phi) is 5.57. The van der Waals surface area contributed by atoms with Gasteiger partial charge in [-0.25, -0.2) is 4.39 Å². The van der Waals surface area contributed by atoms with Gasteiger partial charge in [0, 0.05) is 6.54 Å². The molecule has 0 unspecified atom stereocenters. The topological polar surface area (TPSA) is 81.5 Å². The number of nitro benzene ring substituents is 1. The lowest BCUT2D eigenvalue weighted by atomic mass is 10.1. The molecule has 8 heteroatoms. The van der Waals surface area contributed by atoms with E-state index in [1.165, 1.54) is 6.26 Å². The zero-order valence-corrected chi connectivity index (χ0v) is 10.4. The van der Waals surface area contributed by atoms with Crippen LogP contribution >= 0.6 is 0 Å². The van der Waals surface area contributed by atoms with Crippen molar-refractivity contribution in [2.45, 2.75) is 6.42 Å². The second kappa shape index (κ2) is 7.17. The van der Waals surface area contributed by atoms with Crippen LogP contribution in [0.5, 0.6) is 0 Å². The number of ether oxygens (including phenoxy) is 1. The SMILES string of the molecule is C=COCCCNC(=O)c1cc(F)cc([N+](=O)[O-])c1F. The monoisotopic (exact) mass is 286 g/mol. The molecule has 0 aliphatic heterocycles. The Labute approximate surface area is 113 Å². The lowest BCUT2D eigenvalue weighted by Gasteiger charge is -2.06. The molecule has 0 fully saturated rings. The maximum absolute atomic E-state index is 13.7. The third kappa shape index (κ3) is 4.01. The van der Waals surface area contributed by atoms with Crippen LogP contribution in [0.4, 0.5) is 14.5 Å². The van der Waals surface area contributed by atoms with Gasteiger partial charge in [0.2, 0.25) is 5.82 Å². The normalized spacial score (nSPS) is 9.90. The van der Waals surface area contributed by atoms with Crippen LogP contribution in [0, 0.1) is 21.7 Å². The van der Waals surface area contributed by atoms with E-state index in [0.29, 0.717) is 25.2 Å². The molecular weight excluding hydrogens is 274 g/mol. The summed E-state index contributed by atoms with van der Waals surface area (Å²) in [7, 11) is 0. The number of nitrogens with zero attached hydrogens (tertiary/aromatic N) is 1. The van der Waals surface area contributed by atoms with Gasteiger partial charge in [-0.1, -0.05) is 6.58 Å². The highest BCUT2D eigenvalue weighted by Gasteiger charge is 2.23. The summed E-state index contributed by atoms with van der Waals surface area (Å²) >= 11 is 0. The molecule has 0 radical (unpaired) electrons. The van der Waals surface area contributed by atoms with E-state index in [4.69, 9.17) is 4.74 Å². The van der Waals surface area contributed by atoms with Crippen LogP contribution in [0.3, 0.4) is 0 Å². The van der Waals surface area contributed by atoms with Gasteiger partial charge in [0.15, 0.2) is 0 Å². The predicted octanol–water partition coefficient (Wildman–Crippen LogP) is 2.15. The van der Waals surface area contributed by atoms with Crippen LogP contribution in [-0.2, 0) is 4.74 Å². The first-order valence-electron chi connectivity index (χ1n) is 5.61. The Bertz CT molecular complexity index is 534. The number of nitrogens with one attached hydrogen (secondary N) is 1. The number of hydrogen-bond acceptors (Lipinski definition) is 4. The molecule has 20 heavy (non-hydrogen) atoms. The van der Waals surface area contributed by atoms with E-state index in [9.17, 15) is 23.7 Å². The predicted molar refractivity (Wildman–Crippen MR) is 66.1 cm³/mol. The minimum absolute atomic E-state index is 0.149. The molecule has 1 aromatic carbocycles. The van der Waals surface area contributed by atoms with Gasteiger partial charge in [-0.2, -0.15) is 4.39 Å². The Balaban J connectivity index is 2.77. The Morgan fingerprint density at radius 3 is 2.80 bits per heavy atom. The number of carbonyl (C=O) groups is 1. The Hall–Kier alpha value is -2.51. The van der Waals surface area contributed by atoms with Crippen molar-refractivity contribution in [2.75, 3.05) is 13.2 Å². The number of halogens is 2. The minimum Gasteiger partial charge on any atom is -0.502 e. The highest BCUT2D eigenvalue weighted by Crippen LogP contribution is 2.22. The molecule has 0 aromatic heterocycles. The molecule has 1 N–H and O–H groups in total. The van der Waals surface area contributed by atoms with Gasteiger partial charge < -0.3 is 10.1 Å².